The van der Waals surface area contributed by atoms with Crippen LogP contribution in [0.5, 0.6) is 0 Å². The standard InChI is InChI=1S/C12H18O4/c1-5-14-7-9(3)16-12(13)11-6-8(2)15-10(11)4/h6,9H,5,7H2,1-4H3. The molecule has 1 unspecified atom stereocenters. The second-order valence-electron chi connectivity index (χ2n) is 3.70. The number of carbonyl (C=O) groups excluding carboxylic acids is 1. The highest BCUT2D eigenvalue weighted by molar-refractivity contribution is 5.90. The number of rotatable bonds is 5. The Balaban J connectivity index is 2.55. The molecule has 0 spiro atoms. The summed E-state index contributed by atoms with van der Waals surface area (Å²) in [6.45, 7) is 8.28. The third kappa shape index (κ3) is 3.38. The second-order valence-corrected chi connectivity index (χ2v) is 3.70. The Labute approximate surface area is 95.5 Å². The normalized spacial score (nSPS) is 12.5. The van der Waals surface area contributed by atoms with Gasteiger partial charge < -0.3 is 13.9 Å². The number of hydrogen-bond donors (Lipinski definition) is 0. The molecule has 0 saturated heterocycles. The van der Waals surface area contributed by atoms with Gasteiger partial charge in [-0.05, 0) is 33.8 Å². The number of hydrogen-bond acceptors (Lipinski definition) is 4. The minimum Gasteiger partial charge on any atom is -0.466 e. The zero-order chi connectivity index (χ0) is 12.1. The van der Waals surface area contributed by atoms with Gasteiger partial charge in [-0.25, -0.2) is 4.79 Å². The van der Waals surface area contributed by atoms with E-state index >= 15 is 0 Å². The SMILES string of the molecule is CCOCC(C)OC(=O)c1cc(C)oc1C. The van der Waals surface area contributed by atoms with Crippen LogP contribution in [0.25, 0.3) is 0 Å². The first-order chi connectivity index (χ1) is 7.54. The summed E-state index contributed by atoms with van der Waals surface area (Å²) in [6, 6.07) is 1.69. The summed E-state index contributed by atoms with van der Waals surface area (Å²) in [4.78, 5) is 11.7. The van der Waals surface area contributed by atoms with Gasteiger partial charge in [-0.2, -0.15) is 0 Å². The summed E-state index contributed by atoms with van der Waals surface area (Å²) in [6.07, 6.45) is -0.248. The van der Waals surface area contributed by atoms with Crippen molar-refractivity contribution in [2.45, 2.75) is 33.8 Å². The van der Waals surface area contributed by atoms with Gasteiger partial charge in [0.25, 0.3) is 0 Å². The molecule has 4 nitrogen and oxygen atoms in total. The molecule has 0 saturated carbocycles. The molecule has 90 valence electrons. The Hall–Kier alpha value is -1.29. The molecule has 0 radical (unpaired) electrons. The summed E-state index contributed by atoms with van der Waals surface area (Å²) in [7, 11) is 0. The highest BCUT2D eigenvalue weighted by atomic mass is 16.6. The van der Waals surface area contributed by atoms with Crippen molar-refractivity contribution in [3.05, 3.63) is 23.2 Å². The lowest BCUT2D eigenvalue weighted by Crippen LogP contribution is -2.20. The van der Waals surface area contributed by atoms with Gasteiger partial charge in [0.2, 0.25) is 0 Å². The van der Waals surface area contributed by atoms with Crippen molar-refractivity contribution in [3.63, 3.8) is 0 Å². The van der Waals surface area contributed by atoms with Crippen LogP contribution in [-0.2, 0) is 9.47 Å². The van der Waals surface area contributed by atoms with Crippen LogP contribution >= 0.6 is 0 Å². The molecule has 4 heteroatoms. The van der Waals surface area contributed by atoms with Gasteiger partial charge in [-0.15, -0.1) is 0 Å². The molecule has 0 aliphatic carbocycles. The first kappa shape index (κ1) is 12.8. The van der Waals surface area contributed by atoms with Crippen molar-refractivity contribution >= 4 is 5.97 Å². The Morgan fingerprint density at radius 1 is 1.50 bits per heavy atom. The van der Waals surface area contributed by atoms with Gasteiger partial charge in [0.05, 0.1) is 6.61 Å². The summed E-state index contributed by atoms with van der Waals surface area (Å²) in [5.41, 5.74) is 0.487. The molecule has 16 heavy (non-hydrogen) atoms. The smallest absolute Gasteiger partial charge is 0.342 e. The van der Waals surface area contributed by atoms with Crippen molar-refractivity contribution in [1.82, 2.24) is 0 Å². The molecule has 1 aromatic heterocycles. The molecule has 0 bridgehead atoms. The predicted molar refractivity (Wildman–Crippen MR) is 59.6 cm³/mol. The molecule has 0 aliphatic rings. The van der Waals surface area contributed by atoms with Gasteiger partial charge in [0, 0.05) is 6.61 Å². The van der Waals surface area contributed by atoms with Crippen LogP contribution in [0.3, 0.4) is 0 Å². The van der Waals surface area contributed by atoms with Gasteiger partial charge in [-0.3, -0.25) is 0 Å². The van der Waals surface area contributed by atoms with E-state index in [0.29, 0.717) is 30.3 Å². The van der Waals surface area contributed by atoms with E-state index in [1.54, 1.807) is 26.8 Å². The maximum absolute atomic E-state index is 11.7. The Morgan fingerprint density at radius 2 is 2.19 bits per heavy atom. The Morgan fingerprint density at radius 3 is 2.69 bits per heavy atom. The minimum atomic E-state index is -0.360. The first-order valence-electron chi connectivity index (χ1n) is 5.40. The fourth-order valence-corrected chi connectivity index (χ4v) is 1.40. The molecule has 0 amide bonds. The van der Waals surface area contributed by atoms with E-state index < -0.39 is 0 Å². The average molecular weight is 226 g/mol. The van der Waals surface area contributed by atoms with Crippen LogP contribution in [0.4, 0.5) is 0 Å². The number of furan rings is 1. The van der Waals surface area contributed by atoms with Gasteiger partial charge in [0.1, 0.15) is 23.2 Å². The number of carbonyl (C=O) groups is 1. The Kier molecular flexibility index (Phi) is 4.55. The highest BCUT2D eigenvalue weighted by Gasteiger charge is 2.17. The summed E-state index contributed by atoms with van der Waals surface area (Å²) < 4.78 is 15.6. The van der Waals surface area contributed by atoms with Crippen molar-refractivity contribution in [1.29, 1.82) is 0 Å². The maximum atomic E-state index is 11.7. The van der Waals surface area contributed by atoms with Crippen molar-refractivity contribution in [2.75, 3.05) is 13.2 Å². The quantitative estimate of drug-likeness (QED) is 0.724. The van der Waals surface area contributed by atoms with Gasteiger partial charge in [-0.1, -0.05) is 0 Å². The molecule has 1 atom stereocenters. The molecule has 1 aromatic rings. The van der Waals surface area contributed by atoms with E-state index in [2.05, 4.69) is 0 Å². The van der Waals surface area contributed by atoms with E-state index in [-0.39, 0.29) is 12.1 Å². The lowest BCUT2D eigenvalue weighted by atomic mass is 10.2. The topological polar surface area (TPSA) is 48.7 Å². The lowest BCUT2D eigenvalue weighted by molar-refractivity contribution is 0.00425. The molecule has 0 N–H and O–H groups in total. The zero-order valence-corrected chi connectivity index (χ0v) is 10.2. The molecule has 1 rings (SSSR count). The second kappa shape index (κ2) is 5.70. The van der Waals surface area contributed by atoms with E-state index in [1.807, 2.05) is 6.92 Å². The highest BCUT2D eigenvalue weighted by Crippen LogP contribution is 2.15. The summed E-state index contributed by atoms with van der Waals surface area (Å²) in [5, 5.41) is 0. The number of aryl methyl sites for hydroxylation is 2. The largest absolute Gasteiger partial charge is 0.466 e. The molecular formula is C12H18O4. The third-order valence-corrected chi connectivity index (χ3v) is 2.13. The molecule has 0 aromatic carbocycles. The van der Waals surface area contributed by atoms with Crippen LogP contribution in [0.2, 0.25) is 0 Å². The Bertz CT molecular complexity index is 354. The van der Waals surface area contributed by atoms with Gasteiger partial charge in [0.15, 0.2) is 0 Å². The lowest BCUT2D eigenvalue weighted by Gasteiger charge is -2.12. The van der Waals surface area contributed by atoms with E-state index in [4.69, 9.17) is 13.9 Å². The average Bonchev–Trinajstić information content (AvgIpc) is 2.54. The molecule has 0 aliphatic heterocycles. The third-order valence-electron chi connectivity index (χ3n) is 2.13. The van der Waals surface area contributed by atoms with Crippen molar-refractivity contribution in [3.8, 4) is 0 Å². The van der Waals surface area contributed by atoms with E-state index in [0.717, 1.165) is 0 Å². The maximum Gasteiger partial charge on any atom is 0.342 e. The monoisotopic (exact) mass is 226 g/mol. The summed E-state index contributed by atoms with van der Waals surface area (Å²) >= 11 is 0. The summed E-state index contributed by atoms with van der Waals surface area (Å²) in [5.74, 6) is 0.939. The fraction of sp³-hybridized carbons (Fsp3) is 0.583. The predicted octanol–water partition coefficient (Wildman–Crippen LogP) is 2.48. The first-order valence-corrected chi connectivity index (χ1v) is 5.40. The zero-order valence-electron chi connectivity index (χ0n) is 10.2. The minimum absolute atomic E-state index is 0.248. The van der Waals surface area contributed by atoms with E-state index in [9.17, 15) is 4.79 Å². The molecular weight excluding hydrogens is 208 g/mol. The van der Waals surface area contributed by atoms with Crippen LogP contribution in [-0.4, -0.2) is 25.3 Å². The number of esters is 1. The van der Waals surface area contributed by atoms with Crippen LogP contribution < -0.4 is 0 Å². The molecule has 0 fully saturated rings. The number of ether oxygens (including phenoxy) is 2. The van der Waals surface area contributed by atoms with Crippen molar-refractivity contribution in [2.24, 2.45) is 0 Å². The van der Waals surface area contributed by atoms with Crippen LogP contribution in [0.15, 0.2) is 10.5 Å². The van der Waals surface area contributed by atoms with Crippen molar-refractivity contribution < 1.29 is 18.7 Å². The van der Waals surface area contributed by atoms with E-state index in [1.165, 1.54) is 0 Å². The van der Waals surface area contributed by atoms with Gasteiger partial charge >= 0.3 is 5.97 Å². The molecule has 1 heterocycles. The fourth-order valence-electron chi connectivity index (χ4n) is 1.40. The van der Waals surface area contributed by atoms with Crippen LogP contribution in [0.1, 0.15) is 35.7 Å². The van der Waals surface area contributed by atoms with Crippen LogP contribution in [0, 0.1) is 13.8 Å².